The maximum absolute atomic E-state index is 8.94. The van der Waals surface area contributed by atoms with Crippen LogP contribution in [0.3, 0.4) is 0 Å². The minimum Gasteiger partial charge on any atom is -0.396 e. The molecule has 1 unspecified atom stereocenters. The number of rotatable bonds is 4. The van der Waals surface area contributed by atoms with Crippen LogP contribution in [-0.4, -0.2) is 41.8 Å². The van der Waals surface area contributed by atoms with Crippen LogP contribution in [0.25, 0.3) is 0 Å². The minimum atomic E-state index is 0.248. The monoisotopic (exact) mass is 256 g/mol. The lowest BCUT2D eigenvalue weighted by Crippen LogP contribution is -2.22. The number of aliphatic hydroxyl groups excluding tert-OH is 1. The van der Waals surface area contributed by atoms with Crippen molar-refractivity contribution in [3.63, 3.8) is 0 Å². The first-order chi connectivity index (χ1) is 8.24. The summed E-state index contributed by atoms with van der Waals surface area (Å²) in [6.45, 7) is 2.09. The molecule has 6 heteroatoms. The number of nitrogens with zero attached hydrogens (tertiary/aromatic N) is 3. The van der Waals surface area contributed by atoms with Gasteiger partial charge in [-0.3, -0.25) is 0 Å². The quantitative estimate of drug-likeness (QED) is 0.852. The van der Waals surface area contributed by atoms with Gasteiger partial charge >= 0.3 is 0 Å². The fourth-order valence-corrected chi connectivity index (χ4v) is 2.35. The second-order valence-corrected chi connectivity index (χ2v) is 4.64. The largest absolute Gasteiger partial charge is 0.396 e. The summed E-state index contributed by atoms with van der Waals surface area (Å²) in [5.74, 6) is 1.89. The smallest absolute Gasteiger partial charge is 0.224 e. The first-order valence-electron chi connectivity index (χ1n) is 5.80. The van der Waals surface area contributed by atoms with E-state index in [1.807, 2.05) is 0 Å². The Kier molecular flexibility index (Phi) is 4.02. The molecule has 0 radical (unpaired) electrons. The third-order valence-electron chi connectivity index (χ3n) is 3.07. The maximum atomic E-state index is 8.94. The summed E-state index contributed by atoms with van der Waals surface area (Å²) in [4.78, 5) is 10.6. The first kappa shape index (κ1) is 12.4. The molecule has 5 nitrogen and oxygen atoms in total. The zero-order chi connectivity index (χ0) is 12.3. The van der Waals surface area contributed by atoms with Gasteiger partial charge in [-0.1, -0.05) is 11.6 Å². The molecule has 0 bridgehead atoms. The Balaban J connectivity index is 2.12. The molecule has 0 saturated carbocycles. The Labute approximate surface area is 106 Å². The lowest BCUT2D eigenvalue weighted by atomic mass is 10.1. The highest BCUT2D eigenvalue weighted by molar-refractivity contribution is 6.32. The summed E-state index contributed by atoms with van der Waals surface area (Å²) in [5, 5.41) is 12.4. The molecule has 1 fully saturated rings. The Hall–Kier alpha value is -1.07. The molecule has 1 aromatic rings. The van der Waals surface area contributed by atoms with E-state index < -0.39 is 0 Å². The fraction of sp³-hybridized carbons (Fsp3) is 0.636. The molecule has 0 amide bonds. The summed E-state index contributed by atoms with van der Waals surface area (Å²) in [6, 6.07) is 0. The molecule has 1 aromatic heterocycles. The van der Waals surface area contributed by atoms with Gasteiger partial charge in [-0.05, 0) is 18.8 Å². The molecular weight excluding hydrogens is 240 g/mol. The van der Waals surface area contributed by atoms with Crippen molar-refractivity contribution in [3.8, 4) is 0 Å². The van der Waals surface area contributed by atoms with E-state index in [1.165, 1.54) is 0 Å². The molecule has 0 aromatic carbocycles. The van der Waals surface area contributed by atoms with Crippen LogP contribution in [0.15, 0.2) is 6.20 Å². The topological polar surface area (TPSA) is 61.3 Å². The van der Waals surface area contributed by atoms with Crippen molar-refractivity contribution in [2.75, 3.05) is 37.0 Å². The second kappa shape index (κ2) is 5.51. The molecule has 0 aliphatic carbocycles. The van der Waals surface area contributed by atoms with E-state index in [9.17, 15) is 0 Å². The van der Waals surface area contributed by atoms with Crippen LogP contribution in [-0.2, 0) is 0 Å². The van der Waals surface area contributed by atoms with Gasteiger partial charge in [0.2, 0.25) is 5.95 Å². The number of hydrogen-bond acceptors (Lipinski definition) is 5. The third kappa shape index (κ3) is 2.79. The number of hydrogen-bond donors (Lipinski definition) is 2. The van der Waals surface area contributed by atoms with Gasteiger partial charge in [-0.2, -0.15) is 4.98 Å². The molecule has 1 saturated heterocycles. The number of halogens is 1. The molecule has 2 N–H and O–H groups in total. The van der Waals surface area contributed by atoms with Gasteiger partial charge in [0, 0.05) is 26.7 Å². The molecule has 0 spiro atoms. The molecular formula is C11H17ClN4O. The van der Waals surface area contributed by atoms with Crippen molar-refractivity contribution in [3.05, 3.63) is 11.2 Å². The lowest BCUT2D eigenvalue weighted by Gasteiger charge is -2.19. The highest BCUT2D eigenvalue weighted by Crippen LogP contribution is 2.29. The second-order valence-electron chi connectivity index (χ2n) is 4.23. The number of nitrogens with one attached hydrogen (secondary N) is 1. The van der Waals surface area contributed by atoms with Gasteiger partial charge in [0.25, 0.3) is 0 Å². The van der Waals surface area contributed by atoms with Crippen LogP contribution in [0.2, 0.25) is 5.02 Å². The van der Waals surface area contributed by atoms with Crippen molar-refractivity contribution in [1.29, 1.82) is 0 Å². The molecule has 1 aliphatic heterocycles. The standard InChI is InChI=1S/C11H17ClN4O/c1-13-11-14-6-9(12)10(15-11)16-4-2-8(7-16)3-5-17/h6,8,17H,2-5,7H2,1H3,(H,13,14,15). The summed E-state index contributed by atoms with van der Waals surface area (Å²) >= 11 is 6.11. The predicted molar refractivity (Wildman–Crippen MR) is 68.6 cm³/mol. The van der Waals surface area contributed by atoms with E-state index in [0.29, 0.717) is 16.9 Å². The van der Waals surface area contributed by atoms with Crippen LogP contribution in [0, 0.1) is 5.92 Å². The van der Waals surface area contributed by atoms with Gasteiger partial charge in [-0.25, -0.2) is 4.98 Å². The van der Waals surface area contributed by atoms with E-state index in [1.54, 1.807) is 13.2 Å². The average molecular weight is 257 g/mol. The van der Waals surface area contributed by atoms with Gasteiger partial charge in [0.15, 0.2) is 5.82 Å². The van der Waals surface area contributed by atoms with Crippen LogP contribution in [0.1, 0.15) is 12.8 Å². The Morgan fingerprint density at radius 2 is 2.47 bits per heavy atom. The Morgan fingerprint density at radius 3 is 3.18 bits per heavy atom. The summed E-state index contributed by atoms with van der Waals surface area (Å²) in [7, 11) is 1.78. The number of anilines is 2. The number of aromatic nitrogens is 2. The highest BCUT2D eigenvalue weighted by Gasteiger charge is 2.24. The van der Waals surface area contributed by atoms with E-state index in [2.05, 4.69) is 20.2 Å². The zero-order valence-corrected chi connectivity index (χ0v) is 10.6. The molecule has 1 aliphatic rings. The Morgan fingerprint density at radius 1 is 1.65 bits per heavy atom. The normalized spacial score (nSPS) is 19.7. The van der Waals surface area contributed by atoms with Gasteiger partial charge < -0.3 is 15.3 Å². The summed E-state index contributed by atoms with van der Waals surface area (Å²) in [6.07, 6.45) is 3.54. The van der Waals surface area contributed by atoms with Crippen molar-refractivity contribution in [2.24, 2.45) is 5.92 Å². The van der Waals surface area contributed by atoms with Crippen molar-refractivity contribution < 1.29 is 5.11 Å². The van der Waals surface area contributed by atoms with Crippen LogP contribution in [0.4, 0.5) is 11.8 Å². The van der Waals surface area contributed by atoms with Gasteiger partial charge in [0.1, 0.15) is 5.02 Å². The van der Waals surface area contributed by atoms with Crippen molar-refractivity contribution in [2.45, 2.75) is 12.8 Å². The maximum Gasteiger partial charge on any atom is 0.224 e. The number of aliphatic hydroxyl groups is 1. The molecule has 1 atom stereocenters. The highest BCUT2D eigenvalue weighted by atomic mass is 35.5. The fourth-order valence-electron chi connectivity index (χ4n) is 2.14. The average Bonchev–Trinajstić information content (AvgIpc) is 2.79. The third-order valence-corrected chi connectivity index (χ3v) is 3.34. The van der Waals surface area contributed by atoms with Crippen LogP contribution < -0.4 is 10.2 Å². The molecule has 2 heterocycles. The van der Waals surface area contributed by atoms with Crippen LogP contribution >= 0.6 is 11.6 Å². The summed E-state index contributed by atoms with van der Waals surface area (Å²) in [5.41, 5.74) is 0. The molecule has 94 valence electrons. The predicted octanol–water partition coefficient (Wildman–Crippen LogP) is 1.38. The van der Waals surface area contributed by atoms with E-state index in [-0.39, 0.29) is 6.61 Å². The molecule has 2 rings (SSSR count). The first-order valence-corrected chi connectivity index (χ1v) is 6.18. The van der Waals surface area contributed by atoms with Gasteiger partial charge in [-0.15, -0.1) is 0 Å². The zero-order valence-electron chi connectivity index (χ0n) is 9.86. The van der Waals surface area contributed by atoms with E-state index >= 15 is 0 Å². The van der Waals surface area contributed by atoms with Gasteiger partial charge in [0.05, 0.1) is 6.20 Å². The lowest BCUT2D eigenvalue weighted by molar-refractivity contribution is 0.263. The van der Waals surface area contributed by atoms with Crippen molar-refractivity contribution in [1.82, 2.24) is 9.97 Å². The van der Waals surface area contributed by atoms with Crippen LogP contribution in [0.5, 0.6) is 0 Å². The van der Waals surface area contributed by atoms with E-state index in [0.717, 1.165) is 31.7 Å². The molecule has 17 heavy (non-hydrogen) atoms. The van der Waals surface area contributed by atoms with Crippen molar-refractivity contribution >= 4 is 23.4 Å². The minimum absolute atomic E-state index is 0.248. The Bertz CT molecular complexity index is 388. The van der Waals surface area contributed by atoms with E-state index in [4.69, 9.17) is 16.7 Å². The summed E-state index contributed by atoms with van der Waals surface area (Å²) < 4.78 is 0. The SMILES string of the molecule is CNc1ncc(Cl)c(N2CCC(CCO)C2)n1.